The summed E-state index contributed by atoms with van der Waals surface area (Å²) in [5.41, 5.74) is -0.383. The average molecular weight is 327 g/mol. The summed E-state index contributed by atoms with van der Waals surface area (Å²) in [5.74, 6) is 0.772. The fraction of sp³-hybridized carbons (Fsp3) is 0.941. The molecule has 2 aliphatic rings. The van der Waals surface area contributed by atoms with E-state index in [4.69, 9.17) is 9.47 Å². The van der Waals surface area contributed by atoms with Gasteiger partial charge in [-0.05, 0) is 31.8 Å². The van der Waals surface area contributed by atoms with Crippen LogP contribution in [0, 0.1) is 11.3 Å². The fourth-order valence-corrected chi connectivity index (χ4v) is 3.60. The summed E-state index contributed by atoms with van der Waals surface area (Å²) in [5, 5.41) is 6.44. The largest absolute Gasteiger partial charge is 0.384 e. The van der Waals surface area contributed by atoms with E-state index in [2.05, 4.69) is 29.4 Å². The molecule has 2 saturated heterocycles. The SMILES string of the molecule is COCC1(C(=O)NCC2CN(CC(C)C)CCO2)CCNCC1. The number of hydrogen-bond acceptors (Lipinski definition) is 5. The third-order valence-corrected chi connectivity index (χ3v) is 4.80. The van der Waals surface area contributed by atoms with E-state index in [1.54, 1.807) is 7.11 Å². The molecule has 0 bridgehead atoms. The van der Waals surface area contributed by atoms with Crippen molar-refractivity contribution in [1.29, 1.82) is 0 Å². The lowest BCUT2D eigenvalue weighted by molar-refractivity contribution is -0.137. The topological polar surface area (TPSA) is 62.8 Å². The van der Waals surface area contributed by atoms with Gasteiger partial charge in [-0.2, -0.15) is 0 Å². The lowest BCUT2D eigenvalue weighted by atomic mass is 9.78. The van der Waals surface area contributed by atoms with E-state index in [1.807, 2.05) is 0 Å². The van der Waals surface area contributed by atoms with Gasteiger partial charge < -0.3 is 20.1 Å². The zero-order valence-electron chi connectivity index (χ0n) is 14.9. The Kier molecular flexibility index (Phi) is 7.27. The molecule has 134 valence electrons. The van der Waals surface area contributed by atoms with Crippen molar-refractivity contribution >= 4 is 5.91 Å². The molecule has 0 aromatic heterocycles. The third-order valence-electron chi connectivity index (χ3n) is 4.80. The molecule has 2 heterocycles. The van der Waals surface area contributed by atoms with E-state index in [0.29, 0.717) is 19.1 Å². The maximum Gasteiger partial charge on any atom is 0.228 e. The summed E-state index contributed by atoms with van der Waals surface area (Å²) in [6, 6.07) is 0. The molecule has 0 aromatic rings. The zero-order valence-corrected chi connectivity index (χ0v) is 14.9. The van der Waals surface area contributed by atoms with Crippen LogP contribution >= 0.6 is 0 Å². The van der Waals surface area contributed by atoms with Crippen molar-refractivity contribution in [3.63, 3.8) is 0 Å². The standard InChI is InChI=1S/C17H33N3O3/c1-14(2)11-20-8-9-23-15(12-20)10-19-16(21)17(13-22-3)4-6-18-7-5-17/h14-15,18H,4-13H2,1-3H3,(H,19,21). The molecule has 0 aliphatic carbocycles. The van der Waals surface area contributed by atoms with Gasteiger partial charge in [-0.3, -0.25) is 9.69 Å². The highest BCUT2D eigenvalue weighted by Gasteiger charge is 2.39. The van der Waals surface area contributed by atoms with Gasteiger partial charge >= 0.3 is 0 Å². The second kappa shape index (κ2) is 8.97. The highest BCUT2D eigenvalue weighted by atomic mass is 16.5. The van der Waals surface area contributed by atoms with Gasteiger partial charge in [0.15, 0.2) is 0 Å². The Hall–Kier alpha value is -0.690. The highest BCUT2D eigenvalue weighted by molar-refractivity contribution is 5.83. The maximum absolute atomic E-state index is 12.7. The van der Waals surface area contributed by atoms with Crippen LogP contribution in [0.25, 0.3) is 0 Å². The van der Waals surface area contributed by atoms with E-state index in [9.17, 15) is 4.79 Å². The van der Waals surface area contributed by atoms with Crippen LogP contribution in [0.1, 0.15) is 26.7 Å². The first-order valence-corrected chi connectivity index (χ1v) is 8.87. The number of carbonyl (C=O) groups excluding carboxylic acids is 1. The predicted molar refractivity (Wildman–Crippen MR) is 90.4 cm³/mol. The molecular weight excluding hydrogens is 294 g/mol. The molecule has 6 heteroatoms. The molecular formula is C17H33N3O3. The number of nitrogens with zero attached hydrogens (tertiary/aromatic N) is 1. The average Bonchev–Trinajstić information content (AvgIpc) is 2.53. The number of hydrogen-bond donors (Lipinski definition) is 2. The molecule has 0 radical (unpaired) electrons. The summed E-state index contributed by atoms with van der Waals surface area (Å²) < 4.78 is 11.2. The third kappa shape index (κ3) is 5.41. The van der Waals surface area contributed by atoms with Gasteiger partial charge in [0.2, 0.25) is 5.91 Å². The number of nitrogens with one attached hydrogen (secondary N) is 2. The van der Waals surface area contributed by atoms with Crippen molar-refractivity contribution < 1.29 is 14.3 Å². The summed E-state index contributed by atoms with van der Waals surface area (Å²) in [4.78, 5) is 15.2. The zero-order chi connectivity index (χ0) is 16.7. The molecule has 0 spiro atoms. The maximum atomic E-state index is 12.7. The van der Waals surface area contributed by atoms with Crippen molar-refractivity contribution in [3.8, 4) is 0 Å². The molecule has 1 atom stereocenters. The van der Waals surface area contributed by atoms with Gasteiger partial charge in [0.1, 0.15) is 0 Å². The van der Waals surface area contributed by atoms with Gasteiger partial charge in [-0.1, -0.05) is 13.8 Å². The van der Waals surface area contributed by atoms with E-state index in [-0.39, 0.29) is 17.4 Å². The summed E-state index contributed by atoms with van der Waals surface area (Å²) in [6.45, 7) is 11.0. The van der Waals surface area contributed by atoms with Crippen molar-refractivity contribution in [3.05, 3.63) is 0 Å². The van der Waals surface area contributed by atoms with Crippen molar-refractivity contribution in [2.45, 2.75) is 32.8 Å². The minimum absolute atomic E-state index is 0.0905. The number of amides is 1. The van der Waals surface area contributed by atoms with E-state index >= 15 is 0 Å². The Balaban J connectivity index is 1.82. The molecule has 1 unspecified atom stereocenters. The summed E-state index contributed by atoms with van der Waals surface area (Å²) in [7, 11) is 1.67. The minimum Gasteiger partial charge on any atom is -0.384 e. The predicted octanol–water partition coefficient (Wildman–Crippen LogP) is 0.476. The Bertz CT molecular complexity index is 365. The van der Waals surface area contributed by atoms with Gasteiger partial charge in [-0.15, -0.1) is 0 Å². The monoisotopic (exact) mass is 327 g/mol. The first-order valence-electron chi connectivity index (χ1n) is 8.87. The minimum atomic E-state index is -0.383. The Morgan fingerprint density at radius 3 is 2.83 bits per heavy atom. The molecule has 2 rings (SSSR count). The first-order chi connectivity index (χ1) is 11.1. The van der Waals surface area contributed by atoms with Gasteiger partial charge in [0.05, 0.1) is 24.7 Å². The van der Waals surface area contributed by atoms with Gasteiger partial charge in [0, 0.05) is 33.3 Å². The number of ether oxygens (including phenoxy) is 2. The summed E-state index contributed by atoms with van der Waals surface area (Å²) >= 11 is 0. The van der Waals surface area contributed by atoms with Crippen molar-refractivity contribution in [1.82, 2.24) is 15.5 Å². The molecule has 0 saturated carbocycles. The highest BCUT2D eigenvalue weighted by Crippen LogP contribution is 2.29. The number of carbonyl (C=O) groups is 1. The first kappa shape index (κ1) is 18.6. The number of morpholine rings is 1. The Morgan fingerprint density at radius 2 is 2.17 bits per heavy atom. The van der Waals surface area contributed by atoms with Crippen LogP contribution in [0.3, 0.4) is 0 Å². The van der Waals surface area contributed by atoms with E-state index in [1.165, 1.54) is 0 Å². The lowest BCUT2D eigenvalue weighted by Crippen LogP contribution is -2.53. The van der Waals surface area contributed by atoms with Crippen LogP contribution < -0.4 is 10.6 Å². The molecule has 23 heavy (non-hydrogen) atoms. The second-order valence-electron chi connectivity index (χ2n) is 7.32. The number of rotatable bonds is 7. The van der Waals surface area contributed by atoms with Crippen LogP contribution in [0.2, 0.25) is 0 Å². The van der Waals surface area contributed by atoms with E-state index < -0.39 is 0 Å². The second-order valence-corrected chi connectivity index (χ2v) is 7.32. The van der Waals surface area contributed by atoms with Crippen LogP contribution in [0.5, 0.6) is 0 Å². The summed E-state index contributed by atoms with van der Waals surface area (Å²) in [6.07, 6.45) is 1.75. The fourth-order valence-electron chi connectivity index (χ4n) is 3.60. The molecule has 2 fully saturated rings. The molecule has 2 aliphatic heterocycles. The van der Waals surface area contributed by atoms with E-state index in [0.717, 1.165) is 52.2 Å². The van der Waals surface area contributed by atoms with Crippen LogP contribution in [-0.4, -0.2) is 76.5 Å². The smallest absolute Gasteiger partial charge is 0.228 e. The number of methoxy groups -OCH3 is 1. The lowest BCUT2D eigenvalue weighted by Gasteiger charge is -2.37. The molecule has 6 nitrogen and oxygen atoms in total. The van der Waals surface area contributed by atoms with Crippen LogP contribution in [0.15, 0.2) is 0 Å². The van der Waals surface area contributed by atoms with Crippen molar-refractivity contribution in [2.75, 3.05) is 59.6 Å². The van der Waals surface area contributed by atoms with Crippen LogP contribution in [0.4, 0.5) is 0 Å². The Labute approximate surface area is 140 Å². The van der Waals surface area contributed by atoms with Gasteiger partial charge in [-0.25, -0.2) is 0 Å². The van der Waals surface area contributed by atoms with Crippen LogP contribution in [-0.2, 0) is 14.3 Å². The normalized spacial score (nSPS) is 25.5. The number of piperidine rings is 1. The van der Waals surface area contributed by atoms with Crippen molar-refractivity contribution in [2.24, 2.45) is 11.3 Å². The molecule has 0 aromatic carbocycles. The Morgan fingerprint density at radius 1 is 1.43 bits per heavy atom. The molecule has 1 amide bonds. The molecule has 2 N–H and O–H groups in total. The quantitative estimate of drug-likeness (QED) is 0.712. The van der Waals surface area contributed by atoms with Gasteiger partial charge in [0.25, 0.3) is 0 Å².